The number of nitrogens with two attached hydrogens (primary N) is 1. The van der Waals surface area contributed by atoms with E-state index >= 15 is 0 Å². The molecule has 23 heavy (non-hydrogen) atoms. The number of hydrogen-bond donors (Lipinski definition) is 2. The number of aryl methyl sites for hydroxylation is 1. The number of aromatic amines is 1. The molecule has 116 valence electrons. The van der Waals surface area contributed by atoms with Gasteiger partial charge in [0.25, 0.3) is 0 Å². The third-order valence-corrected chi connectivity index (χ3v) is 4.14. The van der Waals surface area contributed by atoms with Gasteiger partial charge in [0.2, 0.25) is 5.91 Å². The lowest BCUT2D eigenvalue weighted by Gasteiger charge is -2.18. The van der Waals surface area contributed by atoms with Crippen LogP contribution in [0.25, 0.3) is 0 Å². The Morgan fingerprint density at radius 2 is 1.91 bits per heavy atom. The van der Waals surface area contributed by atoms with Crippen molar-refractivity contribution in [3.05, 3.63) is 89.0 Å². The summed E-state index contributed by atoms with van der Waals surface area (Å²) in [5, 5.41) is 0. The number of carbonyl (C=O) groups is 1. The SMILES string of the molecule is Cc1ccccc1C(Cc1ccc(C(N)=O)cc1)c1cnc[nH]1. The Morgan fingerprint density at radius 1 is 1.17 bits per heavy atom. The van der Waals surface area contributed by atoms with E-state index in [1.807, 2.05) is 24.4 Å². The van der Waals surface area contributed by atoms with Crippen molar-refractivity contribution in [3.8, 4) is 0 Å². The molecule has 4 nitrogen and oxygen atoms in total. The van der Waals surface area contributed by atoms with Gasteiger partial charge in [-0.15, -0.1) is 0 Å². The number of hydrogen-bond acceptors (Lipinski definition) is 2. The van der Waals surface area contributed by atoms with Gasteiger partial charge in [0, 0.05) is 23.4 Å². The molecule has 1 unspecified atom stereocenters. The third-order valence-electron chi connectivity index (χ3n) is 4.14. The highest BCUT2D eigenvalue weighted by Crippen LogP contribution is 2.29. The Kier molecular flexibility index (Phi) is 4.24. The minimum atomic E-state index is -0.402. The van der Waals surface area contributed by atoms with Crippen molar-refractivity contribution >= 4 is 5.91 Å². The molecule has 0 bridgehead atoms. The molecular weight excluding hydrogens is 286 g/mol. The van der Waals surface area contributed by atoms with Gasteiger partial charge in [0.05, 0.1) is 6.33 Å². The number of amides is 1. The Labute approximate surface area is 135 Å². The standard InChI is InChI=1S/C19H19N3O/c1-13-4-2-3-5-16(13)17(18-11-21-12-22-18)10-14-6-8-15(9-7-14)19(20)23/h2-9,11-12,17H,10H2,1H3,(H2,20,23)(H,21,22). The average Bonchev–Trinajstić information content (AvgIpc) is 3.08. The summed E-state index contributed by atoms with van der Waals surface area (Å²) < 4.78 is 0. The van der Waals surface area contributed by atoms with Crippen molar-refractivity contribution in [2.45, 2.75) is 19.3 Å². The van der Waals surface area contributed by atoms with Crippen LogP contribution in [0.15, 0.2) is 61.1 Å². The minimum Gasteiger partial charge on any atom is -0.366 e. The molecule has 0 aliphatic heterocycles. The van der Waals surface area contributed by atoms with Crippen LogP contribution >= 0.6 is 0 Å². The maximum Gasteiger partial charge on any atom is 0.248 e. The first-order chi connectivity index (χ1) is 11.1. The number of rotatable bonds is 5. The Balaban J connectivity index is 1.94. The Bertz CT molecular complexity index is 792. The summed E-state index contributed by atoms with van der Waals surface area (Å²) in [6.07, 6.45) is 4.40. The van der Waals surface area contributed by atoms with Crippen LogP contribution in [0.2, 0.25) is 0 Å². The van der Waals surface area contributed by atoms with Gasteiger partial charge in [-0.25, -0.2) is 4.98 Å². The van der Waals surface area contributed by atoms with Gasteiger partial charge in [0.15, 0.2) is 0 Å². The van der Waals surface area contributed by atoms with Crippen molar-refractivity contribution in [3.63, 3.8) is 0 Å². The molecule has 1 heterocycles. The number of H-pyrrole nitrogens is 1. The zero-order valence-electron chi connectivity index (χ0n) is 13.0. The minimum absolute atomic E-state index is 0.193. The predicted molar refractivity (Wildman–Crippen MR) is 90.3 cm³/mol. The third kappa shape index (κ3) is 3.31. The van der Waals surface area contributed by atoms with Crippen LogP contribution in [-0.4, -0.2) is 15.9 Å². The zero-order chi connectivity index (χ0) is 16.2. The summed E-state index contributed by atoms with van der Waals surface area (Å²) in [5.41, 5.74) is 10.6. The molecule has 1 amide bonds. The Morgan fingerprint density at radius 3 is 2.52 bits per heavy atom. The van der Waals surface area contributed by atoms with Gasteiger partial charge in [-0.05, 0) is 42.2 Å². The first-order valence-corrected chi connectivity index (χ1v) is 7.57. The highest BCUT2D eigenvalue weighted by molar-refractivity contribution is 5.92. The quantitative estimate of drug-likeness (QED) is 0.760. The molecule has 3 aromatic rings. The molecule has 0 radical (unpaired) electrons. The molecule has 2 aromatic carbocycles. The van der Waals surface area contributed by atoms with Crippen LogP contribution < -0.4 is 5.73 Å². The van der Waals surface area contributed by atoms with E-state index in [0.717, 1.165) is 17.7 Å². The van der Waals surface area contributed by atoms with Crippen molar-refractivity contribution < 1.29 is 4.79 Å². The number of aromatic nitrogens is 2. The second-order valence-corrected chi connectivity index (χ2v) is 5.68. The van der Waals surface area contributed by atoms with Crippen LogP contribution in [0.4, 0.5) is 0 Å². The average molecular weight is 305 g/mol. The fraction of sp³-hybridized carbons (Fsp3) is 0.158. The van der Waals surface area contributed by atoms with Gasteiger partial charge in [-0.1, -0.05) is 36.4 Å². The van der Waals surface area contributed by atoms with E-state index in [1.54, 1.807) is 18.5 Å². The van der Waals surface area contributed by atoms with E-state index in [9.17, 15) is 4.79 Å². The van der Waals surface area contributed by atoms with E-state index in [4.69, 9.17) is 5.73 Å². The number of nitrogens with one attached hydrogen (secondary N) is 1. The fourth-order valence-electron chi connectivity index (χ4n) is 2.86. The lowest BCUT2D eigenvalue weighted by atomic mass is 9.87. The summed E-state index contributed by atoms with van der Waals surface area (Å²) in [5.74, 6) is -0.210. The summed E-state index contributed by atoms with van der Waals surface area (Å²) in [6, 6.07) is 15.8. The number of imidazole rings is 1. The second-order valence-electron chi connectivity index (χ2n) is 5.68. The normalized spacial score (nSPS) is 12.0. The molecular formula is C19H19N3O. The van der Waals surface area contributed by atoms with Crippen LogP contribution in [-0.2, 0) is 6.42 Å². The molecule has 1 aromatic heterocycles. The van der Waals surface area contributed by atoms with Crippen LogP contribution in [0.1, 0.15) is 38.7 Å². The molecule has 0 spiro atoms. The van der Waals surface area contributed by atoms with Crippen molar-refractivity contribution in [1.82, 2.24) is 9.97 Å². The lowest BCUT2D eigenvalue weighted by molar-refractivity contribution is 0.100. The molecule has 0 aliphatic rings. The molecule has 3 rings (SSSR count). The van der Waals surface area contributed by atoms with Crippen molar-refractivity contribution in [1.29, 1.82) is 0 Å². The molecule has 0 saturated heterocycles. The van der Waals surface area contributed by atoms with E-state index in [-0.39, 0.29) is 5.92 Å². The summed E-state index contributed by atoms with van der Waals surface area (Å²) >= 11 is 0. The zero-order valence-corrected chi connectivity index (χ0v) is 13.0. The summed E-state index contributed by atoms with van der Waals surface area (Å²) in [4.78, 5) is 18.6. The highest BCUT2D eigenvalue weighted by atomic mass is 16.1. The van der Waals surface area contributed by atoms with Crippen LogP contribution in [0, 0.1) is 6.92 Å². The highest BCUT2D eigenvalue weighted by Gasteiger charge is 2.18. The lowest BCUT2D eigenvalue weighted by Crippen LogP contribution is -2.11. The summed E-state index contributed by atoms with van der Waals surface area (Å²) in [7, 11) is 0. The van der Waals surface area contributed by atoms with Crippen molar-refractivity contribution in [2.24, 2.45) is 5.73 Å². The molecule has 0 aliphatic carbocycles. The van der Waals surface area contributed by atoms with E-state index in [0.29, 0.717) is 5.56 Å². The smallest absolute Gasteiger partial charge is 0.248 e. The monoisotopic (exact) mass is 305 g/mol. The number of benzene rings is 2. The van der Waals surface area contributed by atoms with E-state index < -0.39 is 5.91 Å². The van der Waals surface area contributed by atoms with Crippen LogP contribution in [0.3, 0.4) is 0 Å². The molecule has 0 saturated carbocycles. The first kappa shape index (κ1) is 15.0. The van der Waals surface area contributed by atoms with E-state index in [1.165, 1.54) is 11.1 Å². The predicted octanol–water partition coefficient (Wildman–Crippen LogP) is 3.19. The van der Waals surface area contributed by atoms with Gasteiger partial charge in [-0.3, -0.25) is 4.79 Å². The Hall–Kier alpha value is -2.88. The molecule has 1 atom stereocenters. The number of nitrogens with zero attached hydrogens (tertiary/aromatic N) is 1. The summed E-state index contributed by atoms with van der Waals surface area (Å²) in [6.45, 7) is 2.12. The second kappa shape index (κ2) is 6.48. The van der Waals surface area contributed by atoms with Gasteiger partial charge in [0.1, 0.15) is 0 Å². The first-order valence-electron chi connectivity index (χ1n) is 7.57. The van der Waals surface area contributed by atoms with Gasteiger partial charge < -0.3 is 10.7 Å². The molecule has 3 N–H and O–H groups in total. The molecule has 4 heteroatoms. The largest absolute Gasteiger partial charge is 0.366 e. The topological polar surface area (TPSA) is 71.8 Å². The van der Waals surface area contributed by atoms with Gasteiger partial charge >= 0.3 is 0 Å². The number of primary amides is 1. The van der Waals surface area contributed by atoms with Crippen LogP contribution in [0.5, 0.6) is 0 Å². The van der Waals surface area contributed by atoms with Gasteiger partial charge in [-0.2, -0.15) is 0 Å². The number of carbonyl (C=O) groups excluding carboxylic acids is 1. The molecule has 0 fully saturated rings. The maximum atomic E-state index is 11.2. The maximum absolute atomic E-state index is 11.2. The fourth-order valence-corrected chi connectivity index (χ4v) is 2.86. The van der Waals surface area contributed by atoms with Crippen molar-refractivity contribution in [2.75, 3.05) is 0 Å². The van der Waals surface area contributed by atoms with E-state index in [2.05, 4.69) is 35.1 Å².